The molecule has 64 heavy (non-hydrogen) atoms. The summed E-state index contributed by atoms with van der Waals surface area (Å²) in [5.41, 5.74) is 3.22. The van der Waals surface area contributed by atoms with Crippen LogP contribution in [0.25, 0.3) is 0 Å². The number of likely N-dealkylation sites (N-methyl/N-ethyl adjacent to an activating group) is 1. The van der Waals surface area contributed by atoms with E-state index in [0.717, 1.165) is 17.4 Å². The van der Waals surface area contributed by atoms with Gasteiger partial charge in [0.25, 0.3) is 5.91 Å². The molecule has 1 saturated heterocycles. The number of benzene rings is 2. The van der Waals surface area contributed by atoms with E-state index in [4.69, 9.17) is 23.7 Å². The minimum absolute atomic E-state index is 0.0623. The van der Waals surface area contributed by atoms with Crippen molar-refractivity contribution in [2.24, 2.45) is 0 Å². The predicted octanol–water partition coefficient (Wildman–Crippen LogP) is 5.70. The number of halogens is 3. The second-order valence-electron chi connectivity index (χ2n) is 16.6. The third kappa shape index (κ3) is 8.37. The van der Waals surface area contributed by atoms with E-state index >= 15 is 0 Å². The van der Waals surface area contributed by atoms with Crippen LogP contribution in [0.15, 0.2) is 6.07 Å². The van der Waals surface area contributed by atoms with Crippen LogP contribution in [0.1, 0.15) is 119 Å². The Bertz CT molecular complexity index is 2290. The second kappa shape index (κ2) is 18.8. The van der Waals surface area contributed by atoms with Gasteiger partial charge in [-0.25, -0.2) is 0 Å². The van der Waals surface area contributed by atoms with E-state index in [1.807, 2.05) is 36.8 Å². The number of fused-ring (bicyclic) bond motifs is 9. The Kier molecular flexibility index (Phi) is 14.0. The fourth-order valence-electron chi connectivity index (χ4n) is 9.88. The molecule has 2 aromatic rings. The Morgan fingerprint density at radius 2 is 1.55 bits per heavy atom. The molecule has 1 fully saturated rings. The van der Waals surface area contributed by atoms with Crippen molar-refractivity contribution >= 4 is 35.6 Å². The SMILES string of the molecule is CCCC(=O)Oc1c(OC)c(C)cc2c1[C@H]1C3Cc4c(OC(C)=O)c(C)c5c(c4[C@H](CN(C(=O)CCC)C(=O)[C@H](C)N(C(=O)CCC)C(=O)C(F)(F)F)N3[C@@H](C#N)[C@@H](C2)N1C)OCO5. The summed E-state index contributed by atoms with van der Waals surface area (Å²) >= 11 is 0. The molecule has 4 heterocycles. The predicted molar refractivity (Wildman–Crippen MR) is 220 cm³/mol. The van der Waals surface area contributed by atoms with Gasteiger partial charge in [-0.2, -0.15) is 18.4 Å². The van der Waals surface area contributed by atoms with Crippen molar-refractivity contribution in [3.05, 3.63) is 39.4 Å². The molecule has 6 atom stereocenters. The number of esters is 2. The smallest absolute Gasteiger partial charge is 0.471 e. The average Bonchev–Trinajstić information content (AvgIpc) is 3.72. The van der Waals surface area contributed by atoms with Gasteiger partial charge in [0, 0.05) is 67.1 Å². The summed E-state index contributed by atoms with van der Waals surface area (Å²) in [6, 6.07) is -1.90. The van der Waals surface area contributed by atoms with Gasteiger partial charge in [0.05, 0.1) is 25.3 Å². The van der Waals surface area contributed by atoms with E-state index in [9.17, 15) is 47.2 Å². The number of amides is 4. The highest BCUT2D eigenvalue weighted by molar-refractivity contribution is 6.05. The molecule has 0 aromatic heterocycles. The first-order valence-electron chi connectivity index (χ1n) is 21.5. The van der Waals surface area contributed by atoms with E-state index < -0.39 is 91.0 Å². The lowest BCUT2D eigenvalue weighted by molar-refractivity contribution is -0.191. The van der Waals surface area contributed by atoms with Crippen molar-refractivity contribution in [1.82, 2.24) is 19.6 Å². The van der Waals surface area contributed by atoms with Gasteiger partial charge in [0.15, 0.2) is 23.0 Å². The fraction of sp³-hybridized carbons (Fsp3) is 0.578. The van der Waals surface area contributed by atoms with Crippen LogP contribution in [0.4, 0.5) is 13.2 Å². The van der Waals surface area contributed by atoms with Gasteiger partial charge in [-0.3, -0.25) is 48.4 Å². The number of methoxy groups -OCH3 is 1. The number of hydrogen-bond donors (Lipinski definition) is 0. The summed E-state index contributed by atoms with van der Waals surface area (Å²) in [5, 5.41) is 11.2. The summed E-state index contributed by atoms with van der Waals surface area (Å²) in [5.74, 6) is -6.04. The first-order valence-corrected chi connectivity index (χ1v) is 21.5. The molecule has 0 N–H and O–H groups in total. The summed E-state index contributed by atoms with van der Waals surface area (Å²) in [6.45, 7) is 9.83. The Morgan fingerprint density at radius 1 is 0.906 bits per heavy atom. The number of aryl methyl sites for hydroxylation is 1. The summed E-state index contributed by atoms with van der Waals surface area (Å²) in [7, 11) is 3.30. The molecule has 2 bridgehead atoms. The lowest BCUT2D eigenvalue weighted by Crippen LogP contribution is -2.69. The maximum absolute atomic E-state index is 14.8. The monoisotopic (exact) mass is 897 g/mol. The van der Waals surface area contributed by atoms with Gasteiger partial charge in [-0.1, -0.05) is 26.8 Å². The van der Waals surface area contributed by atoms with Gasteiger partial charge < -0.3 is 23.7 Å². The second-order valence-corrected chi connectivity index (χ2v) is 16.6. The Hall–Kier alpha value is -5.74. The van der Waals surface area contributed by atoms with Gasteiger partial charge in [0.1, 0.15) is 17.8 Å². The quantitative estimate of drug-likeness (QED) is 0.176. The molecular weight excluding hydrogens is 844 g/mol. The lowest BCUT2D eigenvalue weighted by atomic mass is 9.71. The first-order chi connectivity index (χ1) is 30.3. The number of imide groups is 2. The zero-order chi connectivity index (χ0) is 47.1. The van der Waals surface area contributed by atoms with E-state index in [1.54, 1.807) is 13.8 Å². The van der Waals surface area contributed by atoms with Crippen molar-refractivity contribution in [1.29, 1.82) is 5.26 Å². The number of hydrogen-bond acceptors (Lipinski definition) is 14. The zero-order valence-corrected chi connectivity index (χ0v) is 37.5. The molecule has 346 valence electrons. The van der Waals surface area contributed by atoms with Crippen molar-refractivity contribution in [2.45, 2.75) is 142 Å². The highest BCUT2D eigenvalue weighted by Crippen LogP contribution is 2.59. The van der Waals surface area contributed by atoms with E-state index in [2.05, 4.69) is 6.07 Å². The molecule has 0 spiro atoms. The number of alkyl halides is 3. The number of rotatable bonds is 13. The molecule has 4 aliphatic rings. The molecule has 4 aliphatic heterocycles. The molecular formula is C45H54F3N5O11. The molecule has 19 heteroatoms. The largest absolute Gasteiger partial charge is 0.493 e. The molecule has 4 amide bonds. The molecule has 1 unspecified atom stereocenters. The first kappa shape index (κ1) is 47.7. The molecule has 16 nitrogen and oxygen atoms in total. The van der Waals surface area contributed by atoms with Crippen molar-refractivity contribution in [3.8, 4) is 34.8 Å². The Labute approximate surface area is 369 Å². The van der Waals surface area contributed by atoms with Gasteiger partial charge in [0.2, 0.25) is 18.6 Å². The minimum atomic E-state index is -5.53. The number of piperazine rings is 1. The third-order valence-electron chi connectivity index (χ3n) is 12.5. The van der Waals surface area contributed by atoms with Gasteiger partial charge in [-0.15, -0.1) is 0 Å². The van der Waals surface area contributed by atoms with Crippen molar-refractivity contribution < 1.29 is 65.6 Å². The number of carbonyl (C=O) groups excluding carboxylic acids is 6. The maximum Gasteiger partial charge on any atom is 0.471 e. The highest BCUT2D eigenvalue weighted by atomic mass is 19.4. The fourth-order valence-corrected chi connectivity index (χ4v) is 9.88. The average molecular weight is 898 g/mol. The number of nitriles is 1. The van der Waals surface area contributed by atoms with Crippen LogP contribution in [0.3, 0.4) is 0 Å². The number of carbonyl (C=O) groups is 6. The molecule has 0 radical (unpaired) electrons. The van der Waals surface area contributed by atoms with Crippen LogP contribution in [-0.2, 0) is 41.6 Å². The summed E-state index contributed by atoms with van der Waals surface area (Å²) in [6.07, 6.45) is -5.05. The van der Waals surface area contributed by atoms with Crippen LogP contribution < -0.4 is 23.7 Å². The third-order valence-corrected chi connectivity index (χ3v) is 12.5. The highest BCUT2D eigenvalue weighted by Gasteiger charge is 2.58. The van der Waals surface area contributed by atoms with E-state index in [-0.39, 0.29) is 73.2 Å². The van der Waals surface area contributed by atoms with Crippen LogP contribution in [0, 0.1) is 25.2 Å². The Morgan fingerprint density at radius 3 is 2.14 bits per heavy atom. The van der Waals surface area contributed by atoms with E-state index in [1.165, 1.54) is 21.0 Å². The molecule has 2 aromatic carbocycles. The van der Waals surface area contributed by atoms with Crippen molar-refractivity contribution in [2.75, 3.05) is 27.5 Å². The maximum atomic E-state index is 14.8. The standard InChI is InChI=1S/C45H54F3N5O11/c1-10-13-32(55)51(43(58)24(6)52(33(56)14-11-2)44(59)45(46,47)48)20-31-36-27(39(63-25(7)54)23(5)40-41(36)62-21-61-40)18-29-37-35-26(17-28(50(37)8)30(19-49)53(29)31)16-22(4)38(60-9)42(35)64-34(57)15-12-3/h16,24,28-31,37H,10-15,17-18,20-21H2,1-9H3/t24-,28+,29?,30-,31-,37+/m0/s1. The van der Waals surface area contributed by atoms with Crippen LogP contribution in [0.2, 0.25) is 0 Å². The summed E-state index contributed by atoms with van der Waals surface area (Å²) < 4.78 is 72.2. The minimum Gasteiger partial charge on any atom is -0.493 e. The summed E-state index contributed by atoms with van der Waals surface area (Å²) in [4.78, 5) is 85.8. The zero-order valence-electron chi connectivity index (χ0n) is 37.5. The van der Waals surface area contributed by atoms with Crippen LogP contribution >= 0.6 is 0 Å². The number of nitrogens with zero attached hydrogens (tertiary/aromatic N) is 5. The lowest BCUT2D eigenvalue weighted by Gasteiger charge is -2.60. The van der Waals surface area contributed by atoms with Crippen molar-refractivity contribution in [3.63, 3.8) is 0 Å². The van der Waals surface area contributed by atoms with Gasteiger partial charge in [-0.05, 0) is 71.0 Å². The van der Waals surface area contributed by atoms with E-state index in [0.29, 0.717) is 40.0 Å². The van der Waals surface area contributed by atoms with Crippen LogP contribution in [0.5, 0.6) is 28.7 Å². The van der Waals surface area contributed by atoms with Gasteiger partial charge >= 0.3 is 24.0 Å². The molecule has 0 saturated carbocycles. The molecule has 6 rings (SSSR count). The van der Waals surface area contributed by atoms with Crippen LogP contribution in [-0.4, -0.2) is 113 Å². The normalized spacial score (nSPS) is 21.3. The molecule has 0 aliphatic carbocycles. The Balaban J connectivity index is 1.63. The number of ether oxygens (including phenoxy) is 5. The topological polar surface area (TPSA) is 185 Å².